The molecule has 8 nitrogen and oxygen atoms in total. The zero-order chi connectivity index (χ0) is 16.2. The second kappa shape index (κ2) is 7.62. The third-order valence-corrected chi connectivity index (χ3v) is 3.11. The molecular formula is C12H18O8S. The molecule has 0 radical (unpaired) electrons. The Morgan fingerprint density at radius 1 is 0.952 bits per heavy atom. The highest BCUT2D eigenvalue weighted by Gasteiger charge is 2.50. The van der Waals surface area contributed by atoms with E-state index in [9.17, 15) is 19.5 Å². The molecule has 1 unspecified atom stereocenters. The summed E-state index contributed by atoms with van der Waals surface area (Å²) in [4.78, 5) is 33.6. The normalized spacial score (nSPS) is 32.1. The van der Waals surface area contributed by atoms with E-state index in [1.165, 1.54) is 6.92 Å². The lowest BCUT2D eigenvalue weighted by Crippen LogP contribution is -2.60. The maximum Gasteiger partial charge on any atom is 0.303 e. The van der Waals surface area contributed by atoms with Crippen LogP contribution < -0.4 is 0 Å². The SMILES string of the molecule is CC(=O)O[C@H]1[C@H](OC(C)=O)[C@@H](CO)OC(S)[C@H]1OC(C)=O. The van der Waals surface area contributed by atoms with Gasteiger partial charge in [0.15, 0.2) is 18.3 Å². The highest BCUT2D eigenvalue weighted by atomic mass is 32.1. The molecule has 120 valence electrons. The van der Waals surface area contributed by atoms with Gasteiger partial charge in [0.1, 0.15) is 11.5 Å². The molecule has 0 amide bonds. The van der Waals surface area contributed by atoms with Crippen molar-refractivity contribution in [1.29, 1.82) is 0 Å². The van der Waals surface area contributed by atoms with Gasteiger partial charge < -0.3 is 24.1 Å². The first-order valence-electron chi connectivity index (χ1n) is 6.22. The Morgan fingerprint density at radius 3 is 1.81 bits per heavy atom. The van der Waals surface area contributed by atoms with Gasteiger partial charge in [0.2, 0.25) is 0 Å². The van der Waals surface area contributed by atoms with Crippen LogP contribution in [-0.4, -0.2) is 59.5 Å². The average molecular weight is 322 g/mol. The van der Waals surface area contributed by atoms with Gasteiger partial charge in [0.25, 0.3) is 0 Å². The first kappa shape index (κ1) is 17.7. The van der Waals surface area contributed by atoms with Crippen molar-refractivity contribution in [2.45, 2.75) is 50.6 Å². The van der Waals surface area contributed by atoms with Crippen LogP contribution in [0.5, 0.6) is 0 Å². The van der Waals surface area contributed by atoms with Crippen molar-refractivity contribution in [3.8, 4) is 0 Å². The third kappa shape index (κ3) is 4.87. The molecule has 0 aromatic rings. The lowest BCUT2D eigenvalue weighted by Gasteiger charge is -2.42. The van der Waals surface area contributed by atoms with Crippen molar-refractivity contribution in [3.63, 3.8) is 0 Å². The second-order valence-corrected chi connectivity index (χ2v) is 4.98. The maximum absolute atomic E-state index is 11.2. The standard InChI is InChI=1S/C12H18O8S/c1-5(14)17-9-8(4-13)20-12(21)11(19-7(3)16)10(9)18-6(2)15/h8-13,21H,4H2,1-3H3/t8-,9-,10+,11+,12?/m1/s1. The van der Waals surface area contributed by atoms with Gasteiger partial charge in [-0.3, -0.25) is 14.4 Å². The number of carbonyl (C=O) groups excluding carboxylic acids is 3. The smallest absolute Gasteiger partial charge is 0.303 e. The van der Waals surface area contributed by atoms with E-state index in [0.29, 0.717) is 0 Å². The summed E-state index contributed by atoms with van der Waals surface area (Å²) in [6, 6.07) is 0. The molecule has 0 spiro atoms. The summed E-state index contributed by atoms with van der Waals surface area (Å²) in [5.74, 6) is -1.95. The molecule has 0 aromatic carbocycles. The van der Waals surface area contributed by atoms with Crippen LogP contribution in [0.3, 0.4) is 0 Å². The molecule has 1 saturated heterocycles. The molecule has 0 bridgehead atoms. The quantitative estimate of drug-likeness (QED) is 0.402. The van der Waals surface area contributed by atoms with E-state index in [-0.39, 0.29) is 0 Å². The molecule has 21 heavy (non-hydrogen) atoms. The van der Waals surface area contributed by atoms with Gasteiger partial charge in [-0.1, -0.05) is 0 Å². The number of esters is 3. The number of rotatable bonds is 4. The van der Waals surface area contributed by atoms with Crippen LogP contribution in [0.15, 0.2) is 0 Å². The van der Waals surface area contributed by atoms with Crippen molar-refractivity contribution in [3.05, 3.63) is 0 Å². The molecule has 0 aliphatic carbocycles. The van der Waals surface area contributed by atoms with Gasteiger partial charge in [-0.05, 0) is 0 Å². The van der Waals surface area contributed by atoms with Crippen molar-refractivity contribution in [2.24, 2.45) is 0 Å². The molecule has 1 heterocycles. The van der Waals surface area contributed by atoms with Crippen LogP contribution in [-0.2, 0) is 33.3 Å². The van der Waals surface area contributed by atoms with E-state index in [0.717, 1.165) is 13.8 Å². The predicted molar refractivity (Wildman–Crippen MR) is 71.4 cm³/mol. The predicted octanol–water partition coefficient (Wildman–Crippen LogP) is -0.572. The molecular weight excluding hydrogens is 304 g/mol. The van der Waals surface area contributed by atoms with E-state index in [4.69, 9.17) is 18.9 Å². The van der Waals surface area contributed by atoms with Crippen LogP contribution in [0.25, 0.3) is 0 Å². The molecule has 0 saturated carbocycles. The minimum Gasteiger partial charge on any atom is -0.456 e. The van der Waals surface area contributed by atoms with E-state index < -0.39 is 54.4 Å². The fraction of sp³-hybridized carbons (Fsp3) is 0.750. The minimum atomic E-state index is -1.12. The summed E-state index contributed by atoms with van der Waals surface area (Å²) < 4.78 is 20.5. The maximum atomic E-state index is 11.2. The van der Waals surface area contributed by atoms with Gasteiger partial charge in [0, 0.05) is 20.8 Å². The zero-order valence-electron chi connectivity index (χ0n) is 11.8. The zero-order valence-corrected chi connectivity index (χ0v) is 12.7. The Bertz CT molecular complexity index is 412. The van der Waals surface area contributed by atoms with Crippen LogP contribution in [0.2, 0.25) is 0 Å². The molecule has 5 atom stereocenters. The lowest BCUT2D eigenvalue weighted by atomic mass is 9.99. The molecule has 9 heteroatoms. The van der Waals surface area contributed by atoms with Crippen LogP contribution in [0.4, 0.5) is 0 Å². The summed E-state index contributed by atoms with van der Waals surface area (Å²) >= 11 is 4.11. The summed E-state index contributed by atoms with van der Waals surface area (Å²) in [7, 11) is 0. The Hall–Kier alpha value is -1.32. The number of hydrogen-bond donors (Lipinski definition) is 2. The largest absolute Gasteiger partial charge is 0.456 e. The van der Waals surface area contributed by atoms with Crippen molar-refractivity contribution < 1.29 is 38.4 Å². The summed E-state index contributed by atoms with van der Waals surface area (Å²) in [5, 5.41) is 9.31. The van der Waals surface area contributed by atoms with Crippen molar-refractivity contribution in [2.75, 3.05) is 6.61 Å². The molecule has 1 aliphatic heterocycles. The highest BCUT2D eigenvalue weighted by molar-refractivity contribution is 7.80. The van der Waals surface area contributed by atoms with Crippen molar-refractivity contribution in [1.82, 2.24) is 0 Å². The van der Waals surface area contributed by atoms with Crippen LogP contribution in [0.1, 0.15) is 20.8 Å². The fourth-order valence-corrected chi connectivity index (χ4v) is 2.41. The number of aliphatic hydroxyl groups excluding tert-OH is 1. The number of hydrogen-bond acceptors (Lipinski definition) is 9. The molecule has 1 N–H and O–H groups in total. The van der Waals surface area contributed by atoms with E-state index in [1.54, 1.807) is 0 Å². The minimum absolute atomic E-state index is 0.487. The third-order valence-electron chi connectivity index (χ3n) is 2.70. The topological polar surface area (TPSA) is 108 Å². The summed E-state index contributed by atoms with van der Waals surface area (Å²) in [5.41, 5.74) is -0.942. The Labute approximate surface area is 127 Å². The fourth-order valence-electron chi connectivity index (χ4n) is 2.02. The Balaban J connectivity index is 3.08. The lowest BCUT2D eigenvalue weighted by molar-refractivity contribution is -0.235. The van der Waals surface area contributed by atoms with Gasteiger partial charge in [0.05, 0.1) is 6.61 Å². The van der Waals surface area contributed by atoms with Crippen molar-refractivity contribution >= 4 is 30.5 Å². The van der Waals surface area contributed by atoms with Gasteiger partial charge in [-0.15, -0.1) is 12.6 Å². The van der Waals surface area contributed by atoms with E-state index in [2.05, 4.69) is 12.6 Å². The van der Waals surface area contributed by atoms with Gasteiger partial charge in [-0.2, -0.15) is 0 Å². The Morgan fingerprint density at radius 2 is 1.38 bits per heavy atom. The number of ether oxygens (including phenoxy) is 4. The van der Waals surface area contributed by atoms with Crippen LogP contribution >= 0.6 is 12.6 Å². The summed E-state index contributed by atoms with van der Waals surface area (Å²) in [6.45, 7) is 3.00. The Kier molecular flexibility index (Phi) is 6.43. The molecule has 1 rings (SSSR count). The molecule has 1 aliphatic rings. The van der Waals surface area contributed by atoms with Gasteiger partial charge in [-0.25, -0.2) is 0 Å². The number of thiol groups is 1. The first-order chi connectivity index (χ1) is 9.76. The highest BCUT2D eigenvalue weighted by Crippen LogP contribution is 2.30. The first-order valence-corrected chi connectivity index (χ1v) is 6.74. The summed E-state index contributed by atoms with van der Waals surface area (Å²) in [6.07, 6.45) is -4.25. The van der Waals surface area contributed by atoms with E-state index >= 15 is 0 Å². The van der Waals surface area contributed by atoms with Crippen LogP contribution in [0, 0.1) is 0 Å². The van der Waals surface area contributed by atoms with Gasteiger partial charge >= 0.3 is 17.9 Å². The number of carbonyl (C=O) groups is 3. The molecule has 0 aromatic heterocycles. The molecule has 1 fully saturated rings. The monoisotopic (exact) mass is 322 g/mol. The van der Waals surface area contributed by atoms with E-state index in [1.807, 2.05) is 0 Å². The number of aliphatic hydroxyl groups is 1. The second-order valence-electron chi connectivity index (χ2n) is 4.47. The average Bonchev–Trinajstić information content (AvgIpc) is 2.35.